The largest absolute Gasteiger partial charge is 0.480 e. The van der Waals surface area contributed by atoms with Crippen LogP contribution in [0.25, 0.3) is 11.0 Å². The predicted octanol–water partition coefficient (Wildman–Crippen LogP) is 1.34. The molecule has 2 N–H and O–H groups in total. The van der Waals surface area contributed by atoms with E-state index in [9.17, 15) is 24.8 Å². The van der Waals surface area contributed by atoms with E-state index in [2.05, 4.69) is 14.1 Å². The number of carbonyl (C=O) groups excluding carboxylic acids is 1. The molecule has 0 aliphatic heterocycles. The summed E-state index contributed by atoms with van der Waals surface area (Å²) in [6.45, 7) is 0. The second-order valence-corrected chi connectivity index (χ2v) is 5.61. The third-order valence-electron chi connectivity index (χ3n) is 3.77. The minimum atomic E-state index is -1.28. The van der Waals surface area contributed by atoms with E-state index in [4.69, 9.17) is 0 Å². The van der Waals surface area contributed by atoms with Crippen molar-refractivity contribution in [3.8, 4) is 0 Å². The van der Waals surface area contributed by atoms with E-state index in [0.29, 0.717) is 19.3 Å². The van der Waals surface area contributed by atoms with Crippen molar-refractivity contribution in [1.82, 2.24) is 14.1 Å². The number of amides is 1. The number of carboxylic acids is 1. The molecule has 0 bridgehead atoms. The molecule has 0 atom stereocenters. The smallest absolute Gasteiger partial charge is 0.329 e. The number of nitrogens with one attached hydrogen (secondary N) is 1. The van der Waals surface area contributed by atoms with Crippen LogP contribution in [-0.2, 0) is 4.79 Å². The number of fused-ring (bicyclic) bond motifs is 1. The summed E-state index contributed by atoms with van der Waals surface area (Å²) in [5, 5.41) is 22.7. The fraction of sp³-hybridized carbons (Fsp3) is 0.333. The molecule has 9 nitrogen and oxygen atoms in total. The van der Waals surface area contributed by atoms with Gasteiger partial charge in [-0.05, 0) is 25.3 Å². The summed E-state index contributed by atoms with van der Waals surface area (Å²) < 4.78 is 7.73. The number of nitro groups is 1. The van der Waals surface area contributed by atoms with Crippen molar-refractivity contribution in [2.75, 3.05) is 0 Å². The van der Waals surface area contributed by atoms with Crippen LogP contribution in [0.3, 0.4) is 0 Å². The Kier molecular flexibility index (Phi) is 3.24. The summed E-state index contributed by atoms with van der Waals surface area (Å²) in [4.78, 5) is 34.0. The summed E-state index contributed by atoms with van der Waals surface area (Å²) in [6.07, 6.45) is 1.40. The molecule has 10 heteroatoms. The third-order valence-corrected chi connectivity index (χ3v) is 4.31. The molecular weight excluding hydrogens is 312 g/mol. The quantitative estimate of drug-likeness (QED) is 0.640. The normalized spacial score (nSPS) is 16.0. The first-order valence-corrected chi connectivity index (χ1v) is 7.13. The number of carbonyl (C=O) groups is 2. The van der Waals surface area contributed by atoms with Gasteiger partial charge in [0.05, 0.1) is 16.7 Å². The maximum Gasteiger partial charge on any atom is 0.329 e. The van der Waals surface area contributed by atoms with Gasteiger partial charge >= 0.3 is 5.97 Å². The number of carboxylic acid groups (broad SMARTS) is 1. The number of rotatable bonds is 4. The van der Waals surface area contributed by atoms with Gasteiger partial charge < -0.3 is 10.4 Å². The van der Waals surface area contributed by atoms with Gasteiger partial charge in [-0.2, -0.15) is 8.75 Å². The van der Waals surface area contributed by atoms with Crippen LogP contribution in [0.5, 0.6) is 0 Å². The van der Waals surface area contributed by atoms with Gasteiger partial charge in [0.1, 0.15) is 11.1 Å². The summed E-state index contributed by atoms with van der Waals surface area (Å²) in [5.74, 6) is -1.77. The molecule has 22 heavy (non-hydrogen) atoms. The van der Waals surface area contributed by atoms with E-state index in [-0.39, 0.29) is 22.3 Å². The summed E-state index contributed by atoms with van der Waals surface area (Å²) in [7, 11) is 0. The molecule has 2 aromatic rings. The fourth-order valence-electron chi connectivity index (χ4n) is 2.35. The van der Waals surface area contributed by atoms with Crippen molar-refractivity contribution >= 4 is 40.3 Å². The van der Waals surface area contributed by atoms with Crippen LogP contribution < -0.4 is 5.32 Å². The van der Waals surface area contributed by atoms with Crippen molar-refractivity contribution in [3.63, 3.8) is 0 Å². The van der Waals surface area contributed by atoms with Crippen LogP contribution in [0.2, 0.25) is 0 Å². The third kappa shape index (κ3) is 2.17. The molecule has 1 saturated carbocycles. The molecule has 1 fully saturated rings. The predicted molar refractivity (Wildman–Crippen MR) is 75.8 cm³/mol. The molecule has 1 amide bonds. The lowest BCUT2D eigenvalue weighted by atomic mass is 9.76. The van der Waals surface area contributed by atoms with Crippen molar-refractivity contribution < 1.29 is 19.6 Å². The first-order valence-electron chi connectivity index (χ1n) is 6.39. The Balaban J connectivity index is 1.97. The highest BCUT2D eigenvalue weighted by molar-refractivity contribution is 7.00. The molecule has 0 radical (unpaired) electrons. The summed E-state index contributed by atoms with van der Waals surface area (Å²) in [5.41, 5.74) is -1.25. The second-order valence-electron chi connectivity index (χ2n) is 5.08. The van der Waals surface area contributed by atoms with Gasteiger partial charge in [-0.1, -0.05) is 0 Å². The lowest BCUT2D eigenvalue weighted by Crippen LogP contribution is -2.59. The maximum atomic E-state index is 12.3. The number of aromatic nitrogens is 2. The topological polar surface area (TPSA) is 135 Å². The number of hydrogen-bond acceptors (Lipinski definition) is 7. The van der Waals surface area contributed by atoms with Crippen molar-refractivity contribution in [1.29, 1.82) is 0 Å². The van der Waals surface area contributed by atoms with Crippen LogP contribution in [0.4, 0.5) is 5.69 Å². The Labute approximate surface area is 127 Å². The summed E-state index contributed by atoms with van der Waals surface area (Å²) in [6, 6.07) is 2.46. The molecule has 0 saturated heterocycles. The van der Waals surface area contributed by atoms with Crippen LogP contribution >= 0.6 is 11.7 Å². The number of nitro benzene ring substituents is 1. The van der Waals surface area contributed by atoms with E-state index in [1.807, 2.05) is 0 Å². The van der Waals surface area contributed by atoms with Gasteiger partial charge in [0.2, 0.25) is 0 Å². The van der Waals surface area contributed by atoms with Gasteiger partial charge in [0.15, 0.2) is 5.52 Å². The molecule has 1 aromatic carbocycles. The second kappa shape index (κ2) is 4.98. The average molecular weight is 322 g/mol. The van der Waals surface area contributed by atoms with Crippen LogP contribution in [0.15, 0.2) is 12.1 Å². The first-order chi connectivity index (χ1) is 10.4. The highest BCUT2D eigenvalue weighted by Crippen LogP contribution is 2.33. The number of aliphatic carboxylic acids is 1. The van der Waals surface area contributed by atoms with Crippen LogP contribution in [0.1, 0.15) is 29.6 Å². The van der Waals surface area contributed by atoms with E-state index in [1.54, 1.807) is 0 Å². The van der Waals surface area contributed by atoms with E-state index < -0.39 is 22.3 Å². The number of benzene rings is 1. The number of nitrogens with zero attached hydrogens (tertiary/aromatic N) is 3. The standard InChI is InChI=1S/C12H10N4O5S/c17-10(13-12(11(18)19)2-1-3-12)6-4-7-9(15-22-14-7)8(5-6)16(20)21/h4-5H,1-3H2,(H,13,17)(H,18,19). The van der Waals surface area contributed by atoms with Gasteiger partial charge in [0.25, 0.3) is 11.6 Å². The number of hydrogen-bond donors (Lipinski definition) is 2. The Morgan fingerprint density at radius 3 is 2.64 bits per heavy atom. The Morgan fingerprint density at radius 1 is 1.36 bits per heavy atom. The zero-order valence-electron chi connectivity index (χ0n) is 11.1. The zero-order valence-corrected chi connectivity index (χ0v) is 11.9. The molecule has 1 aromatic heterocycles. The highest BCUT2D eigenvalue weighted by Gasteiger charge is 2.45. The molecule has 0 spiro atoms. The van der Waals surface area contributed by atoms with Crippen molar-refractivity contribution in [3.05, 3.63) is 27.8 Å². The van der Waals surface area contributed by atoms with Crippen LogP contribution in [-0.4, -0.2) is 36.2 Å². The molecular formula is C12H10N4O5S. The van der Waals surface area contributed by atoms with Gasteiger partial charge in [-0.15, -0.1) is 0 Å². The average Bonchev–Trinajstić information content (AvgIpc) is 2.88. The van der Waals surface area contributed by atoms with Crippen LogP contribution in [0, 0.1) is 10.1 Å². The molecule has 1 heterocycles. The molecule has 114 valence electrons. The minimum Gasteiger partial charge on any atom is -0.480 e. The Hall–Kier alpha value is -2.62. The van der Waals surface area contributed by atoms with Gasteiger partial charge in [-0.3, -0.25) is 14.9 Å². The van der Waals surface area contributed by atoms with E-state index in [1.165, 1.54) is 6.07 Å². The van der Waals surface area contributed by atoms with Gasteiger partial charge in [0, 0.05) is 11.6 Å². The number of non-ortho nitro benzene ring substituents is 1. The fourth-order valence-corrected chi connectivity index (χ4v) is 2.89. The van der Waals surface area contributed by atoms with Crippen molar-refractivity contribution in [2.45, 2.75) is 24.8 Å². The van der Waals surface area contributed by atoms with E-state index >= 15 is 0 Å². The Morgan fingerprint density at radius 2 is 2.09 bits per heavy atom. The Bertz CT molecular complexity index is 798. The van der Waals surface area contributed by atoms with Gasteiger partial charge in [-0.25, -0.2) is 4.79 Å². The molecule has 1 aliphatic rings. The van der Waals surface area contributed by atoms with Crippen molar-refractivity contribution in [2.24, 2.45) is 0 Å². The SMILES string of the molecule is O=C(NC1(C(=O)O)CCC1)c1cc([N+](=O)[O-])c2nsnc2c1. The lowest BCUT2D eigenvalue weighted by molar-refractivity contribution is -0.383. The molecule has 1 aliphatic carbocycles. The maximum absolute atomic E-state index is 12.3. The van der Waals surface area contributed by atoms with E-state index in [0.717, 1.165) is 17.8 Å². The molecule has 0 unspecified atom stereocenters. The lowest BCUT2D eigenvalue weighted by Gasteiger charge is -2.38. The summed E-state index contributed by atoms with van der Waals surface area (Å²) >= 11 is 0.808. The highest BCUT2D eigenvalue weighted by atomic mass is 32.1. The molecule has 3 rings (SSSR count). The zero-order chi connectivity index (χ0) is 15.9. The monoisotopic (exact) mass is 322 g/mol. The first kappa shape index (κ1) is 14.3. The minimum absolute atomic E-state index is 0.000532.